The first-order valence-corrected chi connectivity index (χ1v) is 6.38. The summed E-state index contributed by atoms with van der Waals surface area (Å²) in [5.74, 6) is 0.0771. The molecule has 0 aliphatic carbocycles. The van der Waals surface area contributed by atoms with E-state index in [2.05, 4.69) is 20.5 Å². The summed E-state index contributed by atoms with van der Waals surface area (Å²) < 4.78 is 0. The van der Waals surface area contributed by atoms with Gasteiger partial charge >= 0.3 is 0 Å². The topological polar surface area (TPSA) is 57.3 Å². The molecule has 0 saturated carbocycles. The van der Waals surface area contributed by atoms with E-state index < -0.39 is 0 Å². The van der Waals surface area contributed by atoms with Crippen molar-refractivity contribution in [3.8, 4) is 0 Å². The lowest BCUT2D eigenvalue weighted by atomic mass is 10.1. The Morgan fingerprint density at radius 3 is 3.00 bits per heavy atom. The minimum atomic E-state index is 0.00844. The summed E-state index contributed by atoms with van der Waals surface area (Å²) in [5, 5.41) is 6.28. The van der Waals surface area contributed by atoms with Gasteiger partial charge in [0.05, 0.1) is 12.6 Å². The third kappa shape index (κ3) is 3.78. The molecule has 5 heteroatoms. The Morgan fingerprint density at radius 2 is 2.33 bits per heavy atom. The zero-order valence-corrected chi connectivity index (χ0v) is 10.7. The number of nitrogens with one attached hydrogen (secondary N) is 2. The highest BCUT2D eigenvalue weighted by Gasteiger charge is 2.15. The number of rotatable bonds is 4. The van der Waals surface area contributed by atoms with Gasteiger partial charge in [0.1, 0.15) is 0 Å². The van der Waals surface area contributed by atoms with Crippen LogP contribution in [-0.2, 0) is 4.79 Å². The zero-order valence-electron chi connectivity index (χ0n) is 10.7. The van der Waals surface area contributed by atoms with Gasteiger partial charge in [-0.15, -0.1) is 0 Å². The summed E-state index contributed by atoms with van der Waals surface area (Å²) in [6.07, 6.45) is 3.52. The summed E-state index contributed by atoms with van der Waals surface area (Å²) in [6, 6.07) is 3.87. The van der Waals surface area contributed by atoms with E-state index in [0.717, 1.165) is 31.7 Å². The van der Waals surface area contributed by atoms with Crippen molar-refractivity contribution in [2.24, 2.45) is 0 Å². The summed E-state index contributed by atoms with van der Waals surface area (Å²) in [5.41, 5.74) is 1.03. The molecule has 0 radical (unpaired) electrons. The molecule has 2 rings (SSSR count). The second-order valence-corrected chi connectivity index (χ2v) is 4.60. The Morgan fingerprint density at radius 1 is 1.56 bits per heavy atom. The predicted molar refractivity (Wildman–Crippen MR) is 70.1 cm³/mol. The minimum Gasteiger partial charge on any atom is -0.348 e. The molecule has 1 atom stereocenters. The van der Waals surface area contributed by atoms with Crippen molar-refractivity contribution in [1.82, 2.24) is 20.5 Å². The molecule has 1 aliphatic heterocycles. The lowest BCUT2D eigenvalue weighted by Crippen LogP contribution is -2.47. The molecule has 1 amide bonds. The van der Waals surface area contributed by atoms with Crippen molar-refractivity contribution in [3.05, 3.63) is 30.1 Å². The highest BCUT2D eigenvalue weighted by atomic mass is 16.2. The van der Waals surface area contributed by atoms with Gasteiger partial charge in [-0.05, 0) is 18.6 Å². The van der Waals surface area contributed by atoms with E-state index in [1.807, 2.05) is 19.1 Å². The predicted octanol–water partition coefficient (Wildman–Crippen LogP) is 0.164. The van der Waals surface area contributed by atoms with Gasteiger partial charge in [-0.1, -0.05) is 6.07 Å². The first-order chi connectivity index (χ1) is 8.75. The number of nitrogens with zero attached hydrogens (tertiary/aromatic N) is 2. The summed E-state index contributed by atoms with van der Waals surface area (Å²) in [4.78, 5) is 18.1. The van der Waals surface area contributed by atoms with Crippen LogP contribution in [0.25, 0.3) is 0 Å². The van der Waals surface area contributed by atoms with Gasteiger partial charge in [0.2, 0.25) is 5.91 Å². The van der Waals surface area contributed by atoms with Gasteiger partial charge in [0.25, 0.3) is 0 Å². The Balaban J connectivity index is 1.80. The number of piperazine rings is 1. The van der Waals surface area contributed by atoms with Crippen LogP contribution in [0.3, 0.4) is 0 Å². The van der Waals surface area contributed by atoms with Gasteiger partial charge < -0.3 is 10.6 Å². The number of hydrogen-bond donors (Lipinski definition) is 2. The zero-order chi connectivity index (χ0) is 12.8. The van der Waals surface area contributed by atoms with Gasteiger partial charge in [-0.2, -0.15) is 0 Å². The van der Waals surface area contributed by atoms with E-state index in [1.165, 1.54) is 0 Å². The Labute approximate surface area is 108 Å². The van der Waals surface area contributed by atoms with Crippen molar-refractivity contribution in [2.75, 3.05) is 32.7 Å². The fraction of sp³-hybridized carbons (Fsp3) is 0.538. The first-order valence-electron chi connectivity index (χ1n) is 6.38. The molecule has 1 fully saturated rings. The van der Waals surface area contributed by atoms with Crippen LogP contribution in [0.4, 0.5) is 0 Å². The van der Waals surface area contributed by atoms with Crippen LogP contribution in [0.15, 0.2) is 24.5 Å². The van der Waals surface area contributed by atoms with E-state index >= 15 is 0 Å². The highest BCUT2D eigenvalue weighted by molar-refractivity contribution is 5.78. The maximum absolute atomic E-state index is 11.9. The molecule has 1 aromatic rings. The Hall–Kier alpha value is -1.46. The molecule has 0 spiro atoms. The van der Waals surface area contributed by atoms with E-state index in [-0.39, 0.29) is 11.9 Å². The maximum atomic E-state index is 11.9. The van der Waals surface area contributed by atoms with Crippen molar-refractivity contribution < 1.29 is 4.79 Å². The van der Waals surface area contributed by atoms with Crippen LogP contribution in [0.5, 0.6) is 0 Å². The molecule has 2 N–H and O–H groups in total. The largest absolute Gasteiger partial charge is 0.348 e. The quantitative estimate of drug-likeness (QED) is 0.797. The Kier molecular flexibility index (Phi) is 4.66. The minimum absolute atomic E-state index is 0.00844. The van der Waals surface area contributed by atoms with E-state index in [9.17, 15) is 4.79 Å². The molecule has 0 aromatic carbocycles. The summed E-state index contributed by atoms with van der Waals surface area (Å²) >= 11 is 0. The fourth-order valence-corrected chi connectivity index (χ4v) is 2.07. The van der Waals surface area contributed by atoms with E-state index in [0.29, 0.717) is 6.54 Å². The molecule has 1 aromatic heterocycles. The monoisotopic (exact) mass is 248 g/mol. The van der Waals surface area contributed by atoms with Crippen LogP contribution in [0.1, 0.15) is 18.5 Å². The molecule has 1 saturated heterocycles. The van der Waals surface area contributed by atoms with Crippen LogP contribution >= 0.6 is 0 Å². The van der Waals surface area contributed by atoms with Crippen LogP contribution in [0.2, 0.25) is 0 Å². The van der Waals surface area contributed by atoms with E-state index in [4.69, 9.17) is 0 Å². The Bertz CT molecular complexity index is 376. The van der Waals surface area contributed by atoms with Crippen LogP contribution in [-0.4, -0.2) is 48.5 Å². The molecule has 0 unspecified atom stereocenters. The lowest BCUT2D eigenvalue weighted by molar-refractivity contribution is -0.123. The molecular weight excluding hydrogens is 228 g/mol. The molecule has 18 heavy (non-hydrogen) atoms. The second-order valence-electron chi connectivity index (χ2n) is 4.60. The molecule has 98 valence electrons. The van der Waals surface area contributed by atoms with Crippen LogP contribution < -0.4 is 10.6 Å². The number of hydrogen-bond acceptors (Lipinski definition) is 4. The highest BCUT2D eigenvalue weighted by Crippen LogP contribution is 2.09. The molecule has 2 heterocycles. The fourth-order valence-electron chi connectivity index (χ4n) is 2.07. The normalized spacial score (nSPS) is 18.3. The number of amides is 1. The molecular formula is C13H20N4O. The summed E-state index contributed by atoms with van der Waals surface area (Å²) in [7, 11) is 0. The molecule has 5 nitrogen and oxygen atoms in total. The number of carbonyl (C=O) groups excluding carboxylic acids is 1. The number of pyridine rings is 1. The maximum Gasteiger partial charge on any atom is 0.234 e. The SMILES string of the molecule is C[C@H](NC(=O)CN1CCNCC1)c1cccnc1. The van der Waals surface area contributed by atoms with Crippen molar-refractivity contribution in [3.63, 3.8) is 0 Å². The molecule has 1 aliphatic rings. The lowest BCUT2D eigenvalue weighted by Gasteiger charge is -2.27. The molecule has 0 bridgehead atoms. The third-order valence-electron chi connectivity index (χ3n) is 3.14. The van der Waals surface area contributed by atoms with E-state index in [1.54, 1.807) is 12.4 Å². The second kappa shape index (κ2) is 6.47. The van der Waals surface area contributed by atoms with Crippen molar-refractivity contribution in [1.29, 1.82) is 0 Å². The van der Waals surface area contributed by atoms with Crippen LogP contribution in [0, 0.1) is 0 Å². The third-order valence-corrected chi connectivity index (χ3v) is 3.14. The first kappa shape index (κ1) is 13.0. The average Bonchev–Trinajstić information content (AvgIpc) is 2.40. The van der Waals surface area contributed by atoms with Crippen molar-refractivity contribution in [2.45, 2.75) is 13.0 Å². The smallest absolute Gasteiger partial charge is 0.234 e. The average molecular weight is 248 g/mol. The number of carbonyl (C=O) groups is 1. The van der Waals surface area contributed by atoms with Gasteiger partial charge in [0.15, 0.2) is 0 Å². The number of aromatic nitrogens is 1. The summed E-state index contributed by atoms with van der Waals surface area (Å²) in [6.45, 7) is 6.26. The van der Waals surface area contributed by atoms with Crippen molar-refractivity contribution >= 4 is 5.91 Å². The van der Waals surface area contributed by atoms with Gasteiger partial charge in [0, 0.05) is 38.6 Å². The van der Waals surface area contributed by atoms with Gasteiger partial charge in [-0.25, -0.2) is 0 Å². The standard InChI is InChI=1S/C13H20N4O/c1-11(12-3-2-4-15-9-12)16-13(18)10-17-7-5-14-6-8-17/h2-4,9,11,14H,5-8,10H2,1H3,(H,16,18)/t11-/m0/s1. The van der Waals surface area contributed by atoms with Gasteiger partial charge in [-0.3, -0.25) is 14.7 Å².